The average molecular weight is 423 g/mol. The molecule has 3 nitrogen and oxygen atoms in total. The number of amides is 1. The van der Waals surface area contributed by atoms with Gasteiger partial charge in [-0.25, -0.2) is 0 Å². The summed E-state index contributed by atoms with van der Waals surface area (Å²) in [5.41, 5.74) is 5.85. The third-order valence-electron chi connectivity index (χ3n) is 8.16. The molecule has 0 saturated heterocycles. The predicted octanol–water partition coefficient (Wildman–Crippen LogP) is 6.47. The molecule has 2 fully saturated rings. The van der Waals surface area contributed by atoms with Crippen LogP contribution in [0.15, 0.2) is 78.9 Å². The minimum absolute atomic E-state index is 0.00837. The van der Waals surface area contributed by atoms with E-state index in [0.29, 0.717) is 17.9 Å². The van der Waals surface area contributed by atoms with Crippen molar-refractivity contribution in [1.82, 2.24) is 5.32 Å². The number of benzene rings is 3. The molecular formula is C29H30N2O. The van der Waals surface area contributed by atoms with E-state index in [1.54, 1.807) is 0 Å². The van der Waals surface area contributed by atoms with Gasteiger partial charge in [0.15, 0.2) is 0 Å². The molecule has 0 aromatic heterocycles. The lowest BCUT2D eigenvalue weighted by Gasteiger charge is -2.43. The summed E-state index contributed by atoms with van der Waals surface area (Å²) < 4.78 is 0. The Kier molecular flexibility index (Phi) is 4.78. The fraction of sp³-hybridized carbons (Fsp3) is 0.345. The lowest BCUT2D eigenvalue weighted by molar-refractivity contribution is 0.0939. The van der Waals surface area contributed by atoms with Gasteiger partial charge in [-0.2, -0.15) is 0 Å². The molecule has 2 saturated carbocycles. The lowest BCUT2D eigenvalue weighted by Crippen LogP contribution is -2.36. The van der Waals surface area contributed by atoms with Crippen LogP contribution in [0.25, 0.3) is 0 Å². The molecule has 2 N–H and O–H groups in total. The molecule has 1 heterocycles. The zero-order valence-electron chi connectivity index (χ0n) is 18.5. The van der Waals surface area contributed by atoms with Crippen LogP contribution < -0.4 is 10.6 Å². The molecule has 0 radical (unpaired) electrons. The lowest BCUT2D eigenvalue weighted by atomic mass is 9.68. The number of fused-ring (bicyclic) bond motifs is 7. The molecule has 2 bridgehead atoms. The Labute approximate surface area is 190 Å². The van der Waals surface area contributed by atoms with Gasteiger partial charge in [0.1, 0.15) is 0 Å². The summed E-state index contributed by atoms with van der Waals surface area (Å²) in [6.07, 6.45) is 4.01. The van der Waals surface area contributed by atoms with Gasteiger partial charge in [-0.1, -0.05) is 60.7 Å². The van der Waals surface area contributed by atoms with Crippen LogP contribution in [0.5, 0.6) is 0 Å². The molecular weight excluding hydrogens is 392 g/mol. The Balaban J connectivity index is 1.31. The molecule has 3 aromatic rings. The van der Waals surface area contributed by atoms with Crippen LogP contribution in [-0.2, 0) is 0 Å². The Hall–Kier alpha value is -3.07. The summed E-state index contributed by atoms with van der Waals surface area (Å²) in [4.78, 5) is 13.1. The van der Waals surface area contributed by atoms with Gasteiger partial charge in [-0.05, 0) is 84.7 Å². The first kappa shape index (κ1) is 19.6. The SMILES string of the molecule is C[C@H](NC(=O)c1ccc2c(c1)[C@@H]1[C@H]3CC[C@@H](C3)[C@@H]1[C@H](c1ccccc1)N2)c1ccccc1. The van der Waals surface area contributed by atoms with Crippen molar-refractivity contribution in [3.63, 3.8) is 0 Å². The van der Waals surface area contributed by atoms with Crippen molar-refractivity contribution in [1.29, 1.82) is 0 Å². The van der Waals surface area contributed by atoms with Crippen molar-refractivity contribution in [2.75, 3.05) is 5.32 Å². The molecule has 162 valence electrons. The molecule has 1 aliphatic heterocycles. The van der Waals surface area contributed by atoms with Crippen molar-refractivity contribution in [3.8, 4) is 0 Å². The van der Waals surface area contributed by atoms with E-state index < -0.39 is 0 Å². The first-order valence-electron chi connectivity index (χ1n) is 12.0. The van der Waals surface area contributed by atoms with Crippen molar-refractivity contribution in [2.45, 2.75) is 44.2 Å². The van der Waals surface area contributed by atoms with Gasteiger partial charge >= 0.3 is 0 Å². The van der Waals surface area contributed by atoms with Crippen LogP contribution in [0.2, 0.25) is 0 Å². The zero-order chi connectivity index (χ0) is 21.7. The first-order valence-corrected chi connectivity index (χ1v) is 12.0. The maximum atomic E-state index is 13.1. The summed E-state index contributed by atoms with van der Waals surface area (Å²) in [6.45, 7) is 2.05. The van der Waals surface area contributed by atoms with Gasteiger partial charge in [-0.3, -0.25) is 4.79 Å². The zero-order valence-corrected chi connectivity index (χ0v) is 18.5. The van der Waals surface area contributed by atoms with Crippen molar-refractivity contribution < 1.29 is 4.79 Å². The molecule has 2 aliphatic carbocycles. The second kappa shape index (κ2) is 7.81. The highest BCUT2D eigenvalue weighted by Gasteiger charge is 2.53. The number of anilines is 1. The van der Waals surface area contributed by atoms with Gasteiger partial charge in [0.25, 0.3) is 5.91 Å². The summed E-state index contributed by atoms with van der Waals surface area (Å²) in [5.74, 6) is 2.71. The summed E-state index contributed by atoms with van der Waals surface area (Å²) in [6, 6.07) is 27.7. The third-order valence-corrected chi connectivity index (χ3v) is 8.16. The van der Waals surface area contributed by atoms with Crippen LogP contribution >= 0.6 is 0 Å². The minimum Gasteiger partial charge on any atom is -0.378 e. The molecule has 6 rings (SSSR count). The quantitative estimate of drug-likeness (QED) is 0.506. The highest BCUT2D eigenvalue weighted by Crippen LogP contribution is 2.63. The minimum atomic E-state index is -0.0180. The maximum absolute atomic E-state index is 13.1. The largest absolute Gasteiger partial charge is 0.378 e. The van der Waals surface area contributed by atoms with Crippen molar-refractivity contribution in [3.05, 3.63) is 101 Å². The Morgan fingerprint density at radius 3 is 2.44 bits per heavy atom. The van der Waals surface area contributed by atoms with E-state index in [-0.39, 0.29) is 11.9 Å². The average Bonchev–Trinajstić information content (AvgIpc) is 3.47. The van der Waals surface area contributed by atoms with E-state index in [1.165, 1.54) is 36.1 Å². The summed E-state index contributed by atoms with van der Waals surface area (Å²) in [5, 5.41) is 7.06. The number of carbonyl (C=O) groups is 1. The Morgan fingerprint density at radius 2 is 1.66 bits per heavy atom. The molecule has 6 atom stereocenters. The topological polar surface area (TPSA) is 41.1 Å². The number of hydrogen-bond acceptors (Lipinski definition) is 2. The molecule has 3 aromatic carbocycles. The van der Waals surface area contributed by atoms with E-state index in [1.807, 2.05) is 31.2 Å². The fourth-order valence-corrected chi connectivity index (χ4v) is 6.72. The van der Waals surface area contributed by atoms with E-state index in [0.717, 1.165) is 23.0 Å². The Bertz CT molecular complexity index is 1130. The van der Waals surface area contributed by atoms with Crippen molar-refractivity contribution in [2.24, 2.45) is 17.8 Å². The van der Waals surface area contributed by atoms with Crippen LogP contribution in [0, 0.1) is 17.8 Å². The van der Waals surface area contributed by atoms with Gasteiger partial charge < -0.3 is 10.6 Å². The summed E-state index contributed by atoms with van der Waals surface area (Å²) >= 11 is 0. The first-order chi connectivity index (χ1) is 15.7. The molecule has 3 aliphatic rings. The van der Waals surface area contributed by atoms with Crippen LogP contribution in [0.1, 0.15) is 71.2 Å². The highest BCUT2D eigenvalue weighted by atomic mass is 16.1. The van der Waals surface area contributed by atoms with E-state index in [2.05, 4.69) is 65.2 Å². The maximum Gasteiger partial charge on any atom is 0.251 e. The molecule has 3 heteroatoms. The van der Waals surface area contributed by atoms with Crippen molar-refractivity contribution >= 4 is 11.6 Å². The fourth-order valence-electron chi connectivity index (χ4n) is 6.72. The number of nitrogens with one attached hydrogen (secondary N) is 2. The second-order valence-electron chi connectivity index (χ2n) is 9.88. The monoisotopic (exact) mass is 422 g/mol. The Morgan fingerprint density at radius 1 is 0.938 bits per heavy atom. The van der Waals surface area contributed by atoms with Gasteiger partial charge in [0.2, 0.25) is 0 Å². The highest BCUT2D eigenvalue weighted by molar-refractivity contribution is 5.95. The van der Waals surface area contributed by atoms with Crippen LogP contribution in [0.3, 0.4) is 0 Å². The number of rotatable bonds is 4. The van der Waals surface area contributed by atoms with Gasteiger partial charge in [0, 0.05) is 11.3 Å². The van der Waals surface area contributed by atoms with Gasteiger partial charge in [0.05, 0.1) is 12.1 Å². The molecule has 0 spiro atoms. The third kappa shape index (κ3) is 3.23. The standard InChI is InChI=1S/C29H30N2O/c1-18(19-8-4-2-5-9-19)30-29(32)23-14-15-25-24(17-23)26-21-12-13-22(16-21)27(26)28(31-25)20-10-6-3-7-11-20/h2-11,14-15,17-18,21-22,26-28,31H,12-13,16H2,1H3,(H,30,32)/t18-,21-,22-,26-,27-,28-/m0/s1. The van der Waals surface area contributed by atoms with E-state index >= 15 is 0 Å². The number of carbonyl (C=O) groups excluding carboxylic acids is 1. The summed E-state index contributed by atoms with van der Waals surface area (Å²) in [7, 11) is 0. The second-order valence-corrected chi connectivity index (χ2v) is 9.88. The smallest absolute Gasteiger partial charge is 0.251 e. The number of hydrogen-bond donors (Lipinski definition) is 2. The molecule has 1 amide bonds. The molecule has 32 heavy (non-hydrogen) atoms. The normalized spacial score (nSPS) is 28.3. The van der Waals surface area contributed by atoms with Gasteiger partial charge in [-0.15, -0.1) is 0 Å². The molecule has 0 unspecified atom stereocenters. The van der Waals surface area contributed by atoms with E-state index in [9.17, 15) is 4.79 Å². The van der Waals surface area contributed by atoms with E-state index in [4.69, 9.17) is 0 Å². The van der Waals surface area contributed by atoms with Crippen LogP contribution in [-0.4, -0.2) is 5.91 Å². The predicted molar refractivity (Wildman–Crippen MR) is 129 cm³/mol. The van der Waals surface area contributed by atoms with Crippen LogP contribution in [0.4, 0.5) is 5.69 Å².